The van der Waals surface area contributed by atoms with Crippen LogP contribution in [0.5, 0.6) is 0 Å². The minimum absolute atomic E-state index is 0.301. The van der Waals surface area contributed by atoms with Gasteiger partial charge in [-0.05, 0) is 29.1 Å². The zero-order valence-corrected chi connectivity index (χ0v) is 13.6. The van der Waals surface area contributed by atoms with Crippen LogP contribution < -0.4 is 5.32 Å². The lowest BCUT2D eigenvalue weighted by molar-refractivity contribution is 0.174. The van der Waals surface area contributed by atoms with E-state index in [0.29, 0.717) is 18.7 Å². The molecule has 0 radical (unpaired) electrons. The molecule has 0 aliphatic carbocycles. The number of benzene rings is 1. The predicted octanol–water partition coefficient (Wildman–Crippen LogP) is 3.11. The van der Waals surface area contributed by atoms with Crippen LogP contribution in [0.1, 0.15) is 17.2 Å². The van der Waals surface area contributed by atoms with Crippen LogP contribution in [-0.4, -0.2) is 21.4 Å². The van der Waals surface area contributed by atoms with Crippen molar-refractivity contribution < 1.29 is 9.50 Å². The zero-order chi connectivity index (χ0) is 16.2. The summed E-state index contributed by atoms with van der Waals surface area (Å²) < 4.78 is 14.7. The van der Waals surface area contributed by atoms with Gasteiger partial charge in [-0.15, -0.1) is 11.3 Å². The summed E-state index contributed by atoms with van der Waals surface area (Å²) in [7, 11) is 1.90. The standard InChI is InChI=1S/C17H18FN3OS/c1-21-11-13(17(20-21)16-3-2-8-23-16)9-19-10-15(22)12-4-6-14(18)7-5-12/h2-8,11,15,19,22H,9-10H2,1H3. The molecule has 2 aromatic heterocycles. The van der Waals surface area contributed by atoms with Gasteiger partial charge in [-0.2, -0.15) is 5.10 Å². The molecule has 0 aliphatic heterocycles. The Hall–Kier alpha value is -2.02. The molecule has 120 valence electrons. The second-order valence-corrected chi connectivity index (χ2v) is 6.30. The van der Waals surface area contributed by atoms with Crippen molar-refractivity contribution in [3.8, 4) is 10.6 Å². The van der Waals surface area contributed by atoms with Crippen molar-refractivity contribution in [2.24, 2.45) is 7.05 Å². The molecule has 0 spiro atoms. The average molecular weight is 331 g/mol. The summed E-state index contributed by atoms with van der Waals surface area (Å²) in [5, 5.41) is 19.9. The Kier molecular flexibility index (Phi) is 4.85. The first-order valence-electron chi connectivity index (χ1n) is 7.34. The predicted molar refractivity (Wildman–Crippen MR) is 89.6 cm³/mol. The lowest BCUT2D eigenvalue weighted by atomic mass is 10.1. The number of aliphatic hydroxyl groups is 1. The van der Waals surface area contributed by atoms with Crippen LogP contribution in [0.4, 0.5) is 4.39 Å². The van der Waals surface area contributed by atoms with E-state index in [-0.39, 0.29) is 5.82 Å². The number of rotatable bonds is 6. The molecule has 6 heteroatoms. The fourth-order valence-electron chi connectivity index (χ4n) is 2.43. The molecule has 3 aromatic rings. The van der Waals surface area contributed by atoms with E-state index in [1.54, 1.807) is 28.2 Å². The van der Waals surface area contributed by atoms with E-state index in [1.165, 1.54) is 12.1 Å². The molecule has 3 rings (SSSR count). The smallest absolute Gasteiger partial charge is 0.123 e. The molecule has 2 N–H and O–H groups in total. The van der Waals surface area contributed by atoms with Crippen LogP contribution in [-0.2, 0) is 13.6 Å². The molecule has 4 nitrogen and oxygen atoms in total. The Labute approximate surface area is 138 Å². The summed E-state index contributed by atoms with van der Waals surface area (Å²) >= 11 is 1.65. The van der Waals surface area contributed by atoms with Crippen molar-refractivity contribution in [2.75, 3.05) is 6.54 Å². The molecular weight excluding hydrogens is 313 g/mol. The third-order valence-corrected chi connectivity index (χ3v) is 4.44. The van der Waals surface area contributed by atoms with E-state index < -0.39 is 6.10 Å². The third-order valence-electron chi connectivity index (χ3n) is 3.57. The summed E-state index contributed by atoms with van der Waals surface area (Å²) in [6, 6.07) is 9.96. The molecule has 1 atom stereocenters. The summed E-state index contributed by atoms with van der Waals surface area (Å²) in [6.07, 6.45) is 1.31. The lowest BCUT2D eigenvalue weighted by Gasteiger charge is -2.12. The van der Waals surface area contributed by atoms with E-state index in [0.717, 1.165) is 16.1 Å². The summed E-state index contributed by atoms with van der Waals surface area (Å²) in [5.41, 5.74) is 2.75. The van der Waals surface area contributed by atoms with E-state index in [4.69, 9.17) is 0 Å². The molecule has 2 heterocycles. The van der Waals surface area contributed by atoms with E-state index in [1.807, 2.05) is 30.8 Å². The van der Waals surface area contributed by atoms with E-state index in [9.17, 15) is 9.50 Å². The van der Waals surface area contributed by atoms with Crippen molar-refractivity contribution in [2.45, 2.75) is 12.6 Å². The number of aromatic nitrogens is 2. The molecule has 0 bridgehead atoms. The van der Waals surface area contributed by atoms with Gasteiger partial charge in [0.05, 0.1) is 11.0 Å². The molecule has 0 saturated heterocycles. The monoisotopic (exact) mass is 331 g/mol. The van der Waals surface area contributed by atoms with Crippen molar-refractivity contribution in [1.82, 2.24) is 15.1 Å². The number of aryl methyl sites for hydroxylation is 1. The third kappa shape index (κ3) is 3.85. The highest BCUT2D eigenvalue weighted by atomic mass is 32.1. The lowest BCUT2D eigenvalue weighted by Crippen LogP contribution is -2.21. The van der Waals surface area contributed by atoms with Gasteiger partial charge in [-0.1, -0.05) is 18.2 Å². The van der Waals surface area contributed by atoms with Gasteiger partial charge in [-0.3, -0.25) is 4.68 Å². The van der Waals surface area contributed by atoms with Gasteiger partial charge >= 0.3 is 0 Å². The Morgan fingerprint density at radius 1 is 1.30 bits per heavy atom. The number of hydrogen-bond donors (Lipinski definition) is 2. The Morgan fingerprint density at radius 2 is 2.09 bits per heavy atom. The Bertz CT molecular complexity index is 753. The maximum atomic E-state index is 12.9. The molecule has 0 fully saturated rings. The number of nitrogens with zero attached hydrogens (tertiary/aromatic N) is 2. The summed E-state index contributed by atoms with van der Waals surface area (Å²) in [6.45, 7) is 1.00. The van der Waals surface area contributed by atoms with Crippen molar-refractivity contribution in [1.29, 1.82) is 0 Å². The van der Waals surface area contributed by atoms with Crippen molar-refractivity contribution in [3.05, 3.63) is 64.9 Å². The first-order valence-corrected chi connectivity index (χ1v) is 8.22. The minimum Gasteiger partial charge on any atom is -0.387 e. The first kappa shape index (κ1) is 15.9. The van der Waals surface area contributed by atoms with Gasteiger partial charge < -0.3 is 10.4 Å². The van der Waals surface area contributed by atoms with Gasteiger partial charge in [0.2, 0.25) is 0 Å². The topological polar surface area (TPSA) is 50.1 Å². The number of thiophene rings is 1. The molecule has 1 aromatic carbocycles. The molecular formula is C17H18FN3OS. The molecule has 0 amide bonds. The molecule has 0 aliphatic rings. The van der Waals surface area contributed by atoms with Gasteiger partial charge in [0.15, 0.2) is 0 Å². The molecule has 1 unspecified atom stereocenters. The van der Waals surface area contributed by atoms with Crippen LogP contribution in [0.25, 0.3) is 10.6 Å². The SMILES string of the molecule is Cn1cc(CNCC(O)c2ccc(F)cc2)c(-c2cccs2)n1. The van der Waals surface area contributed by atoms with Crippen LogP contribution in [0.2, 0.25) is 0 Å². The highest BCUT2D eigenvalue weighted by molar-refractivity contribution is 7.13. The maximum absolute atomic E-state index is 12.9. The Morgan fingerprint density at radius 3 is 2.78 bits per heavy atom. The number of aliphatic hydroxyl groups excluding tert-OH is 1. The summed E-state index contributed by atoms with van der Waals surface area (Å²) in [4.78, 5) is 1.13. The minimum atomic E-state index is -0.669. The second kappa shape index (κ2) is 7.04. The first-order chi connectivity index (χ1) is 11.1. The molecule has 0 saturated carbocycles. The van der Waals surface area contributed by atoms with Crippen LogP contribution in [0.15, 0.2) is 48.0 Å². The van der Waals surface area contributed by atoms with Crippen molar-refractivity contribution in [3.63, 3.8) is 0 Å². The van der Waals surface area contributed by atoms with Crippen LogP contribution >= 0.6 is 11.3 Å². The summed E-state index contributed by atoms with van der Waals surface area (Å²) in [5.74, 6) is -0.301. The normalized spacial score (nSPS) is 12.5. The maximum Gasteiger partial charge on any atom is 0.123 e. The van der Waals surface area contributed by atoms with E-state index in [2.05, 4.69) is 10.4 Å². The van der Waals surface area contributed by atoms with Gasteiger partial charge in [0.1, 0.15) is 11.5 Å². The number of nitrogens with one attached hydrogen (secondary N) is 1. The highest BCUT2D eigenvalue weighted by Gasteiger charge is 2.12. The second-order valence-electron chi connectivity index (χ2n) is 5.35. The van der Waals surface area contributed by atoms with Gasteiger partial charge in [0.25, 0.3) is 0 Å². The quantitative estimate of drug-likeness (QED) is 0.730. The largest absolute Gasteiger partial charge is 0.387 e. The van der Waals surface area contributed by atoms with Crippen LogP contribution in [0, 0.1) is 5.82 Å². The highest BCUT2D eigenvalue weighted by Crippen LogP contribution is 2.26. The van der Waals surface area contributed by atoms with Crippen LogP contribution in [0.3, 0.4) is 0 Å². The number of hydrogen-bond acceptors (Lipinski definition) is 4. The number of halogens is 1. The Balaban J connectivity index is 1.62. The van der Waals surface area contributed by atoms with Gasteiger partial charge in [-0.25, -0.2) is 4.39 Å². The van der Waals surface area contributed by atoms with Gasteiger partial charge in [0, 0.05) is 31.9 Å². The van der Waals surface area contributed by atoms with E-state index >= 15 is 0 Å². The fourth-order valence-corrected chi connectivity index (χ4v) is 3.18. The molecule has 23 heavy (non-hydrogen) atoms. The average Bonchev–Trinajstić information content (AvgIpc) is 3.17. The fraction of sp³-hybridized carbons (Fsp3) is 0.235. The van der Waals surface area contributed by atoms with Crippen molar-refractivity contribution >= 4 is 11.3 Å². The zero-order valence-electron chi connectivity index (χ0n) is 12.7.